The van der Waals surface area contributed by atoms with Crippen molar-refractivity contribution in [3.63, 3.8) is 0 Å². The second-order valence-corrected chi connectivity index (χ2v) is 9.27. The highest BCUT2D eigenvalue weighted by Gasteiger charge is 2.23. The summed E-state index contributed by atoms with van der Waals surface area (Å²) in [5.41, 5.74) is 5.60. The third-order valence-corrected chi connectivity index (χ3v) is 6.47. The number of nitrogens with one attached hydrogen (secondary N) is 1. The van der Waals surface area contributed by atoms with Gasteiger partial charge in [0.25, 0.3) is 0 Å². The quantitative estimate of drug-likeness (QED) is 0.449. The minimum atomic E-state index is 0.221. The average Bonchev–Trinajstić information content (AvgIpc) is 3.51. The highest BCUT2D eigenvalue weighted by molar-refractivity contribution is 5.78. The van der Waals surface area contributed by atoms with Crippen LogP contribution >= 0.6 is 0 Å². The maximum atomic E-state index is 9.41. The number of aliphatic hydroxyl groups is 1. The van der Waals surface area contributed by atoms with E-state index in [0.29, 0.717) is 17.5 Å². The molecular weight excluding hydrogens is 428 g/mol. The highest BCUT2D eigenvalue weighted by Crippen LogP contribution is 2.34. The number of aliphatic hydroxyl groups excluding tert-OH is 1. The molecule has 1 aliphatic carbocycles. The molecule has 0 unspecified atom stereocenters. The van der Waals surface area contributed by atoms with E-state index >= 15 is 0 Å². The minimum Gasteiger partial charge on any atom is -0.396 e. The predicted octanol–water partition coefficient (Wildman–Crippen LogP) is 4.07. The molecule has 9 nitrogen and oxygen atoms in total. The smallest absolute Gasteiger partial charge is 0.116 e. The Bertz CT molecular complexity index is 1340. The van der Waals surface area contributed by atoms with Crippen LogP contribution in [-0.4, -0.2) is 47.3 Å². The predicted molar refractivity (Wildman–Crippen MR) is 129 cm³/mol. The zero-order chi connectivity index (χ0) is 23.7. The fraction of sp³-hybridized carbons (Fsp3) is 0.400. The Kier molecular flexibility index (Phi) is 5.99. The van der Waals surface area contributed by atoms with Crippen LogP contribution in [0.1, 0.15) is 51.1 Å². The lowest BCUT2D eigenvalue weighted by molar-refractivity contribution is 0.164. The van der Waals surface area contributed by atoms with E-state index in [4.69, 9.17) is 10.2 Å². The summed E-state index contributed by atoms with van der Waals surface area (Å²) in [5.74, 6) is 0.406. The van der Waals surface area contributed by atoms with Crippen molar-refractivity contribution in [3.8, 4) is 28.7 Å². The molecule has 0 saturated heterocycles. The largest absolute Gasteiger partial charge is 0.396 e. The van der Waals surface area contributed by atoms with E-state index < -0.39 is 0 Å². The van der Waals surface area contributed by atoms with Gasteiger partial charge in [-0.2, -0.15) is 10.4 Å². The van der Waals surface area contributed by atoms with Gasteiger partial charge in [-0.25, -0.2) is 9.20 Å². The Morgan fingerprint density at radius 1 is 1.15 bits per heavy atom. The maximum absolute atomic E-state index is 9.41. The number of aromatic nitrogens is 6. The molecule has 1 aliphatic rings. The highest BCUT2D eigenvalue weighted by atomic mass is 16.3. The Morgan fingerprint density at radius 3 is 2.71 bits per heavy atom. The normalized spacial score (nSPS) is 18.3. The van der Waals surface area contributed by atoms with Gasteiger partial charge in [-0.1, -0.05) is 5.21 Å². The van der Waals surface area contributed by atoms with Crippen LogP contribution in [0.25, 0.3) is 28.2 Å². The maximum Gasteiger partial charge on any atom is 0.116 e. The molecule has 174 valence electrons. The molecule has 9 heteroatoms. The number of anilines is 1. The van der Waals surface area contributed by atoms with Crippen LogP contribution in [0, 0.1) is 17.2 Å². The van der Waals surface area contributed by atoms with Gasteiger partial charge in [-0.3, -0.25) is 4.98 Å². The van der Waals surface area contributed by atoms with Crippen LogP contribution in [-0.2, 0) is 0 Å². The van der Waals surface area contributed by atoms with E-state index in [2.05, 4.69) is 40.6 Å². The molecule has 0 bridgehead atoms. The molecule has 0 spiro atoms. The van der Waals surface area contributed by atoms with Crippen LogP contribution in [0.15, 0.2) is 42.9 Å². The lowest BCUT2D eigenvalue weighted by atomic mass is 9.87. The summed E-state index contributed by atoms with van der Waals surface area (Å²) in [6, 6.07) is 10.4. The third-order valence-electron chi connectivity index (χ3n) is 6.47. The summed E-state index contributed by atoms with van der Waals surface area (Å²) >= 11 is 0. The number of nitriles is 1. The molecule has 0 aromatic carbocycles. The summed E-state index contributed by atoms with van der Waals surface area (Å²) in [7, 11) is 0. The first kappa shape index (κ1) is 22.0. The Balaban J connectivity index is 1.48. The van der Waals surface area contributed by atoms with E-state index in [-0.39, 0.29) is 12.6 Å². The van der Waals surface area contributed by atoms with Crippen molar-refractivity contribution in [1.82, 2.24) is 29.6 Å². The van der Waals surface area contributed by atoms with Gasteiger partial charge in [0.1, 0.15) is 11.8 Å². The van der Waals surface area contributed by atoms with Crippen molar-refractivity contribution in [3.05, 3.63) is 48.4 Å². The molecule has 5 rings (SSSR count). The topological polar surface area (TPSA) is 117 Å². The molecule has 0 atom stereocenters. The monoisotopic (exact) mass is 456 g/mol. The fourth-order valence-electron chi connectivity index (χ4n) is 4.65. The second-order valence-electron chi connectivity index (χ2n) is 9.27. The summed E-state index contributed by atoms with van der Waals surface area (Å²) in [6.07, 6.45) is 9.44. The first-order chi connectivity index (χ1) is 16.6. The standard InChI is InChI=1S/C25H28N8O/c1-16(2)29-22-10-23(25-8-7-20-9-18(11-26)12-28-33(20)25)27-13-21(22)24-14-32(31-30-24)19-5-3-17(15-34)4-6-19/h7-10,12-14,16-17,19,34H,3-6,15H2,1-2H3,(H,27,29). The Labute approximate surface area is 198 Å². The molecule has 4 aromatic heterocycles. The van der Waals surface area contributed by atoms with Gasteiger partial charge < -0.3 is 10.4 Å². The summed E-state index contributed by atoms with van der Waals surface area (Å²) in [4.78, 5) is 4.73. The van der Waals surface area contributed by atoms with Gasteiger partial charge in [-0.05, 0) is 69.7 Å². The molecule has 34 heavy (non-hydrogen) atoms. The molecule has 1 fully saturated rings. The number of fused-ring (bicyclic) bond motifs is 1. The van der Waals surface area contributed by atoms with E-state index in [9.17, 15) is 5.11 Å². The zero-order valence-electron chi connectivity index (χ0n) is 19.4. The van der Waals surface area contributed by atoms with Crippen molar-refractivity contribution < 1.29 is 5.11 Å². The summed E-state index contributed by atoms with van der Waals surface area (Å²) < 4.78 is 3.76. The fourth-order valence-corrected chi connectivity index (χ4v) is 4.65. The van der Waals surface area contributed by atoms with E-state index in [1.165, 1.54) is 0 Å². The Morgan fingerprint density at radius 2 is 1.97 bits per heavy atom. The molecule has 0 amide bonds. The molecule has 0 radical (unpaired) electrons. The van der Waals surface area contributed by atoms with Gasteiger partial charge in [0.15, 0.2) is 0 Å². The van der Waals surface area contributed by atoms with Gasteiger partial charge in [0.05, 0.1) is 40.9 Å². The molecule has 1 saturated carbocycles. The van der Waals surface area contributed by atoms with E-state index in [1.807, 2.05) is 41.3 Å². The van der Waals surface area contributed by atoms with Crippen molar-refractivity contribution in [2.24, 2.45) is 5.92 Å². The molecular formula is C25H28N8O. The van der Waals surface area contributed by atoms with Crippen molar-refractivity contribution in [1.29, 1.82) is 5.26 Å². The van der Waals surface area contributed by atoms with Gasteiger partial charge in [0.2, 0.25) is 0 Å². The van der Waals surface area contributed by atoms with Crippen molar-refractivity contribution in [2.45, 2.75) is 51.6 Å². The van der Waals surface area contributed by atoms with Gasteiger partial charge >= 0.3 is 0 Å². The van der Waals surface area contributed by atoms with Crippen LogP contribution < -0.4 is 5.32 Å². The van der Waals surface area contributed by atoms with Crippen molar-refractivity contribution >= 4 is 11.2 Å². The van der Waals surface area contributed by atoms with Crippen molar-refractivity contribution in [2.75, 3.05) is 11.9 Å². The third kappa shape index (κ3) is 4.24. The molecule has 0 aliphatic heterocycles. The molecule has 4 heterocycles. The van der Waals surface area contributed by atoms with Crippen LogP contribution in [0.5, 0.6) is 0 Å². The SMILES string of the molecule is CC(C)Nc1cc(-c2ccc3cc(C#N)cnn23)ncc1-c1cn(C2CCC(CO)CC2)nn1. The van der Waals surface area contributed by atoms with E-state index in [1.54, 1.807) is 10.7 Å². The van der Waals surface area contributed by atoms with Crippen LogP contribution in [0.2, 0.25) is 0 Å². The summed E-state index contributed by atoms with van der Waals surface area (Å²) in [6.45, 7) is 4.46. The number of hydrogen-bond acceptors (Lipinski definition) is 7. The lowest BCUT2D eigenvalue weighted by Gasteiger charge is -2.26. The Hall–Kier alpha value is -3.77. The summed E-state index contributed by atoms with van der Waals surface area (Å²) in [5, 5.41) is 35.4. The average molecular weight is 457 g/mol. The minimum absolute atomic E-state index is 0.221. The lowest BCUT2D eigenvalue weighted by Crippen LogP contribution is -2.20. The number of rotatable bonds is 6. The second kappa shape index (κ2) is 9.23. The number of hydrogen-bond donors (Lipinski definition) is 2. The first-order valence-electron chi connectivity index (χ1n) is 11.7. The zero-order valence-corrected chi connectivity index (χ0v) is 19.4. The molecule has 4 aromatic rings. The van der Waals surface area contributed by atoms with E-state index in [0.717, 1.165) is 59.5 Å². The number of pyridine rings is 1. The van der Waals surface area contributed by atoms with Crippen LogP contribution in [0.3, 0.4) is 0 Å². The molecule has 2 N–H and O–H groups in total. The van der Waals surface area contributed by atoms with Gasteiger partial charge in [-0.15, -0.1) is 5.10 Å². The number of nitrogens with zero attached hydrogens (tertiary/aromatic N) is 7. The first-order valence-corrected chi connectivity index (χ1v) is 11.7. The van der Waals surface area contributed by atoms with Gasteiger partial charge in [0, 0.05) is 30.1 Å². The van der Waals surface area contributed by atoms with Crippen LogP contribution in [0.4, 0.5) is 5.69 Å².